The SMILES string of the molecule is CC(C)C[C@H](NC(=O)[C@H](CCc1ccccc1)N[C@H](C)C(=O)OCc1ccccc1)C(=O)Nc1ccccc1. The lowest BCUT2D eigenvalue weighted by molar-refractivity contribution is -0.147. The first kappa shape index (κ1) is 29.6. The van der Waals surface area contributed by atoms with Crippen LogP contribution in [0.5, 0.6) is 0 Å². The lowest BCUT2D eigenvalue weighted by atomic mass is 10.0. The van der Waals surface area contributed by atoms with Gasteiger partial charge >= 0.3 is 5.97 Å². The minimum Gasteiger partial charge on any atom is -0.460 e. The minimum absolute atomic E-state index is 0.155. The number of hydrogen-bond acceptors (Lipinski definition) is 5. The van der Waals surface area contributed by atoms with Crippen LogP contribution < -0.4 is 16.0 Å². The monoisotopic (exact) mass is 529 g/mol. The second-order valence-corrected chi connectivity index (χ2v) is 10.1. The molecule has 0 aliphatic carbocycles. The summed E-state index contributed by atoms with van der Waals surface area (Å²) in [5.74, 6) is -0.876. The summed E-state index contributed by atoms with van der Waals surface area (Å²) in [4.78, 5) is 39.4. The molecule has 0 unspecified atom stereocenters. The number of ether oxygens (including phenoxy) is 1. The molecule has 0 aromatic heterocycles. The van der Waals surface area contributed by atoms with Gasteiger partial charge < -0.3 is 15.4 Å². The van der Waals surface area contributed by atoms with E-state index in [2.05, 4.69) is 16.0 Å². The maximum Gasteiger partial charge on any atom is 0.323 e. The fourth-order valence-corrected chi connectivity index (χ4v) is 4.20. The molecule has 0 aliphatic heterocycles. The van der Waals surface area contributed by atoms with E-state index in [-0.39, 0.29) is 24.3 Å². The van der Waals surface area contributed by atoms with Crippen LogP contribution >= 0.6 is 0 Å². The van der Waals surface area contributed by atoms with Gasteiger partial charge in [-0.2, -0.15) is 0 Å². The quantitative estimate of drug-likeness (QED) is 0.259. The van der Waals surface area contributed by atoms with E-state index in [0.29, 0.717) is 24.9 Å². The maximum atomic E-state index is 13.5. The Bertz CT molecular complexity index is 1170. The Kier molecular flexibility index (Phi) is 11.7. The number of amides is 2. The Labute approximate surface area is 231 Å². The van der Waals surface area contributed by atoms with Gasteiger partial charge in [0.25, 0.3) is 0 Å². The van der Waals surface area contributed by atoms with Gasteiger partial charge in [0.05, 0.1) is 6.04 Å². The second-order valence-electron chi connectivity index (χ2n) is 10.1. The zero-order chi connectivity index (χ0) is 28.0. The first-order valence-corrected chi connectivity index (χ1v) is 13.5. The molecule has 0 spiro atoms. The molecule has 3 aromatic carbocycles. The summed E-state index contributed by atoms with van der Waals surface area (Å²) in [6, 6.07) is 26.3. The van der Waals surface area contributed by atoms with Gasteiger partial charge in [0.2, 0.25) is 11.8 Å². The predicted molar refractivity (Wildman–Crippen MR) is 154 cm³/mol. The van der Waals surface area contributed by atoms with Crippen LogP contribution in [0, 0.1) is 5.92 Å². The van der Waals surface area contributed by atoms with Gasteiger partial charge in [-0.25, -0.2) is 0 Å². The van der Waals surface area contributed by atoms with Gasteiger partial charge in [-0.15, -0.1) is 0 Å². The molecule has 7 nitrogen and oxygen atoms in total. The Morgan fingerprint density at radius 3 is 1.87 bits per heavy atom. The zero-order valence-electron chi connectivity index (χ0n) is 22.9. The topological polar surface area (TPSA) is 96.5 Å². The van der Waals surface area contributed by atoms with Gasteiger partial charge in [-0.1, -0.05) is 92.7 Å². The predicted octanol–water partition coefficient (Wildman–Crippen LogP) is 4.88. The fraction of sp³-hybridized carbons (Fsp3) is 0.344. The van der Waals surface area contributed by atoms with Crippen molar-refractivity contribution in [3.8, 4) is 0 Å². The van der Waals surface area contributed by atoms with Crippen molar-refractivity contribution >= 4 is 23.5 Å². The van der Waals surface area contributed by atoms with Crippen molar-refractivity contribution in [1.82, 2.24) is 10.6 Å². The van der Waals surface area contributed by atoms with Crippen molar-refractivity contribution in [1.29, 1.82) is 0 Å². The molecule has 3 atom stereocenters. The summed E-state index contributed by atoms with van der Waals surface area (Å²) in [6.07, 6.45) is 1.55. The zero-order valence-corrected chi connectivity index (χ0v) is 22.9. The van der Waals surface area contributed by atoms with Crippen molar-refractivity contribution in [2.75, 3.05) is 5.32 Å². The summed E-state index contributed by atoms with van der Waals surface area (Å²) >= 11 is 0. The second kappa shape index (κ2) is 15.4. The van der Waals surface area contributed by atoms with Crippen LogP contribution in [0.2, 0.25) is 0 Å². The van der Waals surface area contributed by atoms with Gasteiger partial charge in [0.1, 0.15) is 18.7 Å². The van der Waals surface area contributed by atoms with E-state index in [4.69, 9.17) is 4.74 Å². The largest absolute Gasteiger partial charge is 0.460 e. The summed E-state index contributed by atoms with van der Waals surface area (Å²) in [5, 5.41) is 8.99. The smallest absolute Gasteiger partial charge is 0.323 e. The molecule has 0 bridgehead atoms. The molecule has 39 heavy (non-hydrogen) atoms. The van der Waals surface area contributed by atoms with E-state index >= 15 is 0 Å². The number of aryl methyl sites for hydroxylation is 1. The number of anilines is 1. The van der Waals surface area contributed by atoms with Crippen molar-refractivity contribution in [2.24, 2.45) is 5.92 Å². The van der Waals surface area contributed by atoms with E-state index < -0.39 is 24.1 Å². The third-order valence-corrected chi connectivity index (χ3v) is 6.29. The van der Waals surface area contributed by atoms with Crippen molar-refractivity contribution in [2.45, 2.75) is 64.8 Å². The Morgan fingerprint density at radius 1 is 0.718 bits per heavy atom. The molecule has 0 fully saturated rings. The third kappa shape index (κ3) is 10.4. The number of esters is 1. The van der Waals surface area contributed by atoms with Crippen LogP contribution in [0.3, 0.4) is 0 Å². The van der Waals surface area contributed by atoms with Crippen LogP contribution in [0.15, 0.2) is 91.0 Å². The Hall–Kier alpha value is -3.97. The number of benzene rings is 3. The van der Waals surface area contributed by atoms with E-state index in [1.165, 1.54) is 0 Å². The fourth-order valence-electron chi connectivity index (χ4n) is 4.20. The summed E-state index contributed by atoms with van der Waals surface area (Å²) < 4.78 is 5.47. The van der Waals surface area contributed by atoms with Crippen LogP contribution in [-0.2, 0) is 32.1 Å². The molecule has 206 valence electrons. The van der Waals surface area contributed by atoms with E-state index in [0.717, 1.165) is 11.1 Å². The molecule has 3 rings (SSSR count). The Balaban J connectivity index is 1.69. The lowest BCUT2D eigenvalue weighted by Gasteiger charge is -2.26. The standard InChI is InChI=1S/C32H39N3O4/c1-23(2)21-29(31(37)34-27-17-11-6-12-18-27)35-30(36)28(20-19-25-13-7-4-8-14-25)33-24(3)32(38)39-22-26-15-9-5-10-16-26/h4-18,23-24,28-29,33H,19-22H2,1-3H3,(H,34,37)(H,35,36)/t24-,28+,29+/m1/s1. The highest BCUT2D eigenvalue weighted by atomic mass is 16.5. The lowest BCUT2D eigenvalue weighted by Crippen LogP contribution is -2.54. The average Bonchev–Trinajstić information content (AvgIpc) is 2.94. The minimum atomic E-state index is -0.723. The summed E-state index contributed by atoms with van der Waals surface area (Å²) in [5.41, 5.74) is 2.63. The van der Waals surface area contributed by atoms with Gasteiger partial charge in [-0.3, -0.25) is 19.7 Å². The summed E-state index contributed by atoms with van der Waals surface area (Å²) in [6.45, 7) is 5.85. The highest BCUT2D eigenvalue weighted by Gasteiger charge is 2.29. The molecule has 0 heterocycles. The summed E-state index contributed by atoms with van der Waals surface area (Å²) in [7, 11) is 0. The molecule has 0 saturated heterocycles. The van der Waals surface area contributed by atoms with E-state index in [9.17, 15) is 14.4 Å². The molecule has 0 radical (unpaired) electrons. The number of carbonyl (C=O) groups excluding carboxylic acids is 3. The van der Waals surface area contributed by atoms with Crippen molar-refractivity contribution in [3.05, 3.63) is 102 Å². The van der Waals surface area contributed by atoms with Crippen LogP contribution in [0.25, 0.3) is 0 Å². The normalized spacial score (nSPS) is 13.2. The molecular formula is C32H39N3O4. The van der Waals surface area contributed by atoms with Crippen molar-refractivity contribution < 1.29 is 19.1 Å². The van der Waals surface area contributed by atoms with Crippen LogP contribution in [0.1, 0.15) is 44.7 Å². The van der Waals surface area contributed by atoms with Crippen LogP contribution in [0.4, 0.5) is 5.69 Å². The number of hydrogen-bond donors (Lipinski definition) is 3. The van der Waals surface area contributed by atoms with Gasteiger partial charge in [-0.05, 0) is 55.4 Å². The number of rotatable bonds is 14. The average molecular weight is 530 g/mol. The molecule has 7 heteroatoms. The van der Waals surface area contributed by atoms with E-state index in [1.54, 1.807) is 19.1 Å². The molecule has 0 saturated carbocycles. The molecular weight excluding hydrogens is 490 g/mol. The first-order valence-electron chi connectivity index (χ1n) is 13.5. The highest BCUT2D eigenvalue weighted by molar-refractivity contribution is 5.98. The Morgan fingerprint density at radius 2 is 1.28 bits per heavy atom. The third-order valence-electron chi connectivity index (χ3n) is 6.29. The molecule has 0 aliphatic rings. The first-order chi connectivity index (χ1) is 18.8. The molecule has 2 amide bonds. The van der Waals surface area contributed by atoms with Gasteiger partial charge in [0.15, 0.2) is 0 Å². The number of para-hydroxylation sites is 1. The number of carbonyl (C=O) groups is 3. The highest BCUT2D eigenvalue weighted by Crippen LogP contribution is 2.12. The van der Waals surface area contributed by atoms with Crippen LogP contribution in [-0.4, -0.2) is 35.9 Å². The van der Waals surface area contributed by atoms with E-state index in [1.807, 2.05) is 92.7 Å². The number of nitrogens with one attached hydrogen (secondary N) is 3. The molecule has 3 aromatic rings. The van der Waals surface area contributed by atoms with Crippen molar-refractivity contribution in [3.63, 3.8) is 0 Å². The molecule has 3 N–H and O–H groups in total. The van der Waals surface area contributed by atoms with Gasteiger partial charge in [0, 0.05) is 5.69 Å². The maximum absolute atomic E-state index is 13.5.